The molecule has 1 aromatic carbocycles. The summed E-state index contributed by atoms with van der Waals surface area (Å²) in [5.41, 5.74) is 1.49. The number of nitrogens with one attached hydrogen (secondary N) is 1. The molecule has 4 nitrogen and oxygen atoms in total. The lowest BCUT2D eigenvalue weighted by molar-refractivity contribution is 0.0906. The van der Waals surface area contributed by atoms with E-state index in [1.165, 1.54) is 0 Å². The first-order chi connectivity index (χ1) is 10.2. The Kier molecular flexibility index (Phi) is 5.59. The molecule has 1 heterocycles. The summed E-state index contributed by atoms with van der Waals surface area (Å²) < 4.78 is 2.79. The van der Waals surface area contributed by atoms with Gasteiger partial charge in [0.15, 0.2) is 0 Å². The minimum Gasteiger partial charge on any atom is -0.394 e. The highest BCUT2D eigenvalue weighted by atomic mass is 79.9. The second-order valence-corrected chi connectivity index (χ2v) is 5.77. The van der Waals surface area contributed by atoms with Crippen LogP contribution in [0, 0.1) is 0 Å². The normalized spacial score (nSPS) is 12.1. The van der Waals surface area contributed by atoms with Crippen molar-refractivity contribution in [2.24, 2.45) is 0 Å². The molecule has 21 heavy (non-hydrogen) atoms. The lowest BCUT2D eigenvalue weighted by Gasteiger charge is -2.17. The van der Waals surface area contributed by atoms with E-state index in [1.54, 1.807) is 6.07 Å². The van der Waals surface area contributed by atoms with Gasteiger partial charge in [0.1, 0.15) is 5.69 Å². The monoisotopic (exact) mass is 350 g/mol. The number of rotatable bonds is 6. The number of nitrogens with zero attached hydrogens (tertiary/aromatic N) is 1. The minimum absolute atomic E-state index is 0.134. The molecule has 0 saturated heterocycles. The fourth-order valence-corrected chi connectivity index (χ4v) is 2.71. The van der Waals surface area contributed by atoms with Gasteiger partial charge in [0.2, 0.25) is 0 Å². The van der Waals surface area contributed by atoms with Gasteiger partial charge >= 0.3 is 0 Å². The molecule has 0 saturated carbocycles. The molecule has 1 atom stereocenters. The molecule has 2 N–H and O–H groups in total. The van der Waals surface area contributed by atoms with Crippen LogP contribution in [0.3, 0.4) is 0 Å². The molecule has 0 aliphatic heterocycles. The van der Waals surface area contributed by atoms with E-state index in [1.807, 2.05) is 41.1 Å². The number of hydrogen-bond donors (Lipinski definition) is 2. The zero-order chi connectivity index (χ0) is 15.2. The molecular formula is C16H19BrN2O2. The number of aliphatic hydroxyl groups is 1. The SMILES string of the molecule is CCCn1cc(Br)cc1C(=O)NC(CO)c1ccccc1. The van der Waals surface area contributed by atoms with Gasteiger partial charge in [0.25, 0.3) is 5.91 Å². The molecular weight excluding hydrogens is 332 g/mol. The summed E-state index contributed by atoms with van der Waals surface area (Å²) in [6.45, 7) is 2.71. The summed E-state index contributed by atoms with van der Waals surface area (Å²) in [7, 11) is 0. The standard InChI is InChI=1S/C16H19BrN2O2/c1-2-8-19-10-13(17)9-15(19)16(21)18-14(11-20)12-6-4-3-5-7-12/h3-7,9-10,14,20H,2,8,11H2,1H3,(H,18,21). The average molecular weight is 351 g/mol. The predicted molar refractivity (Wildman–Crippen MR) is 86.2 cm³/mol. The summed E-state index contributed by atoms with van der Waals surface area (Å²) in [5, 5.41) is 12.4. The second kappa shape index (κ2) is 7.43. The van der Waals surface area contributed by atoms with Crippen LogP contribution in [0.2, 0.25) is 0 Å². The molecule has 1 amide bonds. The van der Waals surface area contributed by atoms with Crippen LogP contribution in [0.15, 0.2) is 47.1 Å². The van der Waals surface area contributed by atoms with Gasteiger partial charge in [-0.1, -0.05) is 37.3 Å². The Hall–Kier alpha value is -1.59. The number of amides is 1. The van der Waals surface area contributed by atoms with Crippen molar-refractivity contribution in [1.82, 2.24) is 9.88 Å². The zero-order valence-electron chi connectivity index (χ0n) is 11.9. The molecule has 1 aromatic heterocycles. The Labute approximate surface area is 132 Å². The fraction of sp³-hybridized carbons (Fsp3) is 0.312. The third kappa shape index (κ3) is 3.95. The van der Waals surface area contributed by atoms with Crippen molar-refractivity contribution in [3.8, 4) is 0 Å². The van der Waals surface area contributed by atoms with Gasteiger partial charge in [-0.05, 0) is 34.0 Å². The summed E-state index contributed by atoms with van der Waals surface area (Å²) in [5.74, 6) is -0.183. The number of benzene rings is 1. The van der Waals surface area contributed by atoms with E-state index in [-0.39, 0.29) is 12.5 Å². The first kappa shape index (κ1) is 15.8. The second-order valence-electron chi connectivity index (χ2n) is 4.86. The molecule has 0 radical (unpaired) electrons. The van der Waals surface area contributed by atoms with Crippen molar-refractivity contribution >= 4 is 21.8 Å². The van der Waals surface area contributed by atoms with Crippen molar-refractivity contribution in [2.45, 2.75) is 25.9 Å². The van der Waals surface area contributed by atoms with Crippen LogP contribution in [-0.4, -0.2) is 22.2 Å². The zero-order valence-corrected chi connectivity index (χ0v) is 13.5. The van der Waals surface area contributed by atoms with Gasteiger partial charge in [-0.15, -0.1) is 0 Å². The van der Waals surface area contributed by atoms with Gasteiger partial charge < -0.3 is 15.0 Å². The molecule has 5 heteroatoms. The lowest BCUT2D eigenvalue weighted by atomic mass is 10.1. The van der Waals surface area contributed by atoms with Crippen LogP contribution in [0.5, 0.6) is 0 Å². The molecule has 112 valence electrons. The highest BCUT2D eigenvalue weighted by Gasteiger charge is 2.18. The lowest BCUT2D eigenvalue weighted by Crippen LogP contribution is -2.32. The quantitative estimate of drug-likeness (QED) is 0.840. The first-order valence-corrected chi connectivity index (χ1v) is 7.77. The number of aromatic nitrogens is 1. The van der Waals surface area contributed by atoms with Crippen molar-refractivity contribution in [3.63, 3.8) is 0 Å². The van der Waals surface area contributed by atoms with Crippen molar-refractivity contribution in [2.75, 3.05) is 6.61 Å². The Balaban J connectivity index is 2.16. The molecule has 2 rings (SSSR count). The Morgan fingerprint density at radius 2 is 2.10 bits per heavy atom. The van der Waals surface area contributed by atoms with E-state index in [2.05, 4.69) is 28.2 Å². The average Bonchev–Trinajstić information content (AvgIpc) is 2.87. The van der Waals surface area contributed by atoms with Crippen LogP contribution < -0.4 is 5.32 Å². The van der Waals surface area contributed by atoms with E-state index in [4.69, 9.17) is 0 Å². The maximum atomic E-state index is 12.4. The summed E-state index contributed by atoms with van der Waals surface area (Å²) in [6, 6.07) is 10.9. The van der Waals surface area contributed by atoms with E-state index in [0.29, 0.717) is 5.69 Å². The van der Waals surface area contributed by atoms with Crippen molar-refractivity contribution in [3.05, 3.63) is 58.3 Å². The third-order valence-electron chi connectivity index (χ3n) is 3.25. The topological polar surface area (TPSA) is 54.3 Å². The van der Waals surface area contributed by atoms with Crippen LogP contribution in [0.1, 0.15) is 35.4 Å². The number of aryl methyl sites for hydroxylation is 1. The number of halogens is 1. The Morgan fingerprint density at radius 1 is 1.38 bits per heavy atom. The molecule has 0 bridgehead atoms. The Morgan fingerprint density at radius 3 is 2.71 bits per heavy atom. The summed E-state index contributed by atoms with van der Waals surface area (Å²) in [6.07, 6.45) is 2.85. The van der Waals surface area contributed by atoms with E-state index >= 15 is 0 Å². The number of aliphatic hydroxyl groups excluding tert-OH is 1. The highest BCUT2D eigenvalue weighted by Crippen LogP contribution is 2.18. The van der Waals surface area contributed by atoms with Gasteiger partial charge in [0, 0.05) is 17.2 Å². The predicted octanol–water partition coefficient (Wildman–Crippen LogP) is 3.12. The number of carbonyl (C=O) groups excluding carboxylic acids is 1. The maximum Gasteiger partial charge on any atom is 0.268 e. The van der Waals surface area contributed by atoms with Crippen LogP contribution >= 0.6 is 15.9 Å². The third-order valence-corrected chi connectivity index (χ3v) is 3.68. The molecule has 0 fully saturated rings. The largest absolute Gasteiger partial charge is 0.394 e. The van der Waals surface area contributed by atoms with Crippen LogP contribution in [-0.2, 0) is 6.54 Å². The maximum absolute atomic E-state index is 12.4. The van der Waals surface area contributed by atoms with Gasteiger partial charge in [-0.3, -0.25) is 4.79 Å². The van der Waals surface area contributed by atoms with Crippen LogP contribution in [0.25, 0.3) is 0 Å². The molecule has 2 aromatic rings. The fourth-order valence-electron chi connectivity index (χ4n) is 2.24. The van der Waals surface area contributed by atoms with E-state index in [0.717, 1.165) is 23.0 Å². The van der Waals surface area contributed by atoms with Gasteiger partial charge in [0.05, 0.1) is 12.6 Å². The van der Waals surface area contributed by atoms with Gasteiger partial charge in [-0.2, -0.15) is 0 Å². The molecule has 0 spiro atoms. The molecule has 0 aliphatic carbocycles. The molecule has 0 aliphatic rings. The smallest absolute Gasteiger partial charge is 0.268 e. The van der Waals surface area contributed by atoms with Crippen molar-refractivity contribution < 1.29 is 9.90 Å². The minimum atomic E-state index is -0.401. The van der Waals surface area contributed by atoms with Gasteiger partial charge in [-0.25, -0.2) is 0 Å². The number of hydrogen-bond acceptors (Lipinski definition) is 2. The highest BCUT2D eigenvalue weighted by molar-refractivity contribution is 9.10. The Bertz CT molecular complexity index is 596. The van der Waals surface area contributed by atoms with E-state index in [9.17, 15) is 9.90 Å². The first-order valence-electron chi connectivity index (χ1n) is 6.98. The van der Waals surface area contributed by atoms with Crippen molar-refractivity contribution in [1.29, 1.82) is 0 Å². The van der Waals surface area contributed by atoms with Crippen LogP contribution in [0.4, 0.5) is 0 Å². The molecule has 1 unspecified atom stereocenters. The van der Waals surface area contributed by atoms with E-state index < -0.39 is 6.04 Å². The summed E-state index contributed by atoms with van der Waals surface area (Å²) >= 11 is 3.40. The number of carbonyl (C=O) groups is 1. The summed E-state index contributed by atoms with van der Waals surface area (Å²) in [4.78, 5) is 12.4.